The van der Waals surface area contributed by atoms with Crippen molar-refractivity contribution in [2.24, 2.45) is 11.8 Å². The lowest BCUT2D eigenvalue weighted by molar-refractivity contribution is -0.141. The van der Waals surface area contributed by atoms with Crippen LogP contribution < -0.4 is 5.32 Å². The van der Waals surface area contributed by atoms with E-state index in [0.29, 0.717) is 5.92 Å². The van der Waals surface area contributed by atoms with Gasteiger partial charge in [-0.05, 0) is 24.7 Å². The Morgan fingerprint density at radius 2 is 2.00 bits per heavy atom. The van der Waals surface area contributed by atoms with Crippen molar-refractivity contribution in [3.8, 4) is 0 Å². The molecule has 1 saturated carbocycles. The first-order valence-corrected chi connectivity index (χ1v) is 5.74. The predicted octanol–water partition coefficient (Wildman–Crippen LogP) is 0.889. The van der Waals surface area contributed by atoms with Crippen LogP contribution >= 0.6 is 0 Å². The lowest BCUT2D eigenvalue weighted by Crippen LogP contribution is -2.42. The van der Waals surface area contributed by atoms with E-state index < -0.39 is 17.8 Å². The Morgan fingerprint density at radius 1 is 1.31 bits per heavy atom. The first kappa shape index (κ1) is 11.1. The fourth-order valence-electron chi connectivity index (χ4n) is 2.88. The van der Waals surface area contributed by atoms with Gasteiger partial charge in [-0.3, -0.25) is 19.8 Å². The fourth-order valence-corrected chi connectivity index (χ4v) is 2.88. The highest BCUT2D eigenvalue weighted by Gasteiger charge is 2.46. The van der Waals surface area contributed by atoms with Gasteiger partial charge in [-0.25, -0.2) is 4.79 Å². The maximum atomic E-state index is 11.5. The minimum absolute atomic E-state index is 0.108. The summed E-state index contributed by atoms with van der Waals surface area (Å²) in [6.07, 6.45) is 2.88. The molecule has 3 unspecified atom stereocenters. The van der Waals surface area contributed by atoms with E-state index in [4.69, 9.17) is 0 Å². The third-order valence-corrected chi connectivity index (χ3v) is 3.89. The number of hydrogen-bond donors (Lipinski definition) is 1. The maximum Gasteiger partial charge on any atom is 0.331 e. The molecule has 1 aliphatic carbocycles. The Hall–Kier alpha value is -1.39. The van der Waals surface area contributed by atoms with Gasteiger partial charge >= 0.3 is 17.8 Å². The maximum absolute atomic E-state index is 11.5. The molecule has 0 bridgehead atoms. The van der Waals surface area contributed by atoms with Gasteiger partial charge in [-0.15, -0.1) is 0 Å². The Labute approximate surface area is 94.2 Å². The standard InChI is InChI=1S/C11H16N2O3/c1-3-7-4-5-8(6(7)2)13-10(15)9(14)12-11(13)16/h6-8H,3-5H2,1-2H3,(H,12,14,16). The lowest BCUT2D eigenvalue weighted by atomic mass is 9.93. The molecule has 2 rings (SSSR count). The molecule has 0 radical (unpaired) electrons. The van der Waals surface area contributed by atoms with E-state index in [9.17, 15) is 14.4 Å². The number of amides is 4. The van der Waals surface area contributed by atoms with Crippen LogP contribution in [0.4, 0.5) is 4.79 Å². The molecule has 5 heteroatoms. The highest BCUT2D eigenvalue weighted by Crippen LogP contribution is 2.37. The van der Waals surface area contributed by atoms with Crippen molar-refractivity contribution in [3.05, 3.63) is 0 Å². The molecular weight excluding hydrogens is 208 g/mol. The summed E-state index contributed by atoms with van der Waals surface area (Å²) in [6, 6.07) is -0.660. The summed E-state index contributed by atoms with van der Waals surface area (Å²) in [5, 5.41) is 2.05. The fraction of sp³-hybridized carbons (Fsp3) is 0.727. The number of nitrogens with one attached hydrogen (secondary N) is 1. The summed E-state index contributed by atoms with van der Waals surface area (Å²) in [6.45, 7) is 4.16. The van der Waals surface area contributed by atoms with Gasteiger partial charge in [-0.1, -0.05) is 20.3 Å². The molecule has 1 aliphatic heterocycles. The Bertz CT molecular complexity index is 353. The van der Waals surface area contributed by atoms with Crippen LogP contribution in [-0.2, 0) is 9.59 Å². The highest BCUT2D eigenvalue weighted by molar-refractivity contribution is 6.44. The van der Waals surface area contributed by atoms with Crippen LogP contribution in [0.3, 0.4) is 0 Å². The quantitative estimate of drug-likeness (QED) is 0.559. The van der Waals surface area contributed by atoms with Gasteiger partial charge in [-0.2, -0.15) is 0 Å². The molecular formula is C11H16N2O3. The van der Waals surface area contributed by atoms with Gasteiger partial charge < -0.3 is 0 Å². The molecule has 1 N–H and O–H groups in total. The summed E-state index contributed by atoms with van der Waals surface area (Å²) >= 11 is 0. The molecule has 0 aromatic heterocycles. The van der Waals surface area contributed by atoms with Gasteiger partial charge in [0.2, 0.25) is 0 Å². The molecule has 16 heavy (non-hydrogen) atoms. The monoisotopic (exact) mass is 224 g/mol. The number of carbonyl (C=O) groups is 3. The van der Waals surface area contributed by atoms with Crippen molar-refractivity contribution in [1.82, 2.24) is 10.2 Å². The number of rotatable bonds is 2. The zero-order chi connectivity index (χ0) is 11.9. The van der Waals surface area contributed by atoms with Gasteiger partial charge in [0.25, 0.3) is 0 Å². The largest absolute Gasteiger partial charge is 0.331 e. The SMILES string of the molecule is CCC1CCC(N2C(=O)NC(=O)C2=O)C1C. The number of nitrogens with zero attached hydrogens (tertiary/aromatic N) is 1. The summed E-state index contributed by atoms with van der Waals surface area (Å²) in [7, 11) is 0. The second-order valence-corrected chi connectivity index (χ2v) is 4.61. The van der Waals surface area contributed by atoms with E-state index in [1.807, 2.05) is 5.32 Å². The topological polar surface area (TPSA) is 66.5 Å². The molecule has 5 nitrogen and oxygen atoms in total. The molecule has 88 valence electrons. The van der Waals surface area contributed by atoms with Crippen LogP contribution in [0.15, 0.2) is 0 Å². The molecule has 2 aliphatic rings. The van der Waals surface area contributed by atoms with Crippen molar-refractivity contribution in [2.45, 2.75) is 39.2 Å². The minimum Gasteiger partial charge on any atom is -0.269 e. The van der Waals surface area contributed by atoms with E-state index in [1.54, 1.807) is 0 Å². The van der Waals surface area contributed by atoms with E-state index in [1.165, 1.54) is 0 Å². The van der Waals surface area contributed by atoms with Crippen LogP contribution in [0.25, 0.3) is 0 Å². The van der Waals surface area contributed by atoms with Crippen LogP contribution in [0.2, 0.25) is 0 Å². The van der Waals surface area contributed by atoms with Crippen molar-refractivity contribution in [1.29, 1.82) is 0 Å². The summed E-state index contributed by atoms with van der Waals surface area (Å²) in [4.78, 5) is 35.2. The van der Waals surface area contributed by atoms with Crippen molar-refractivity contribution >= 4 is 17.8 Å². The van der Waals surface area contributed by atoms with Crippen LogP contribution in [0.5, 0.6) is 0 Å². The predicted molar refractivity (Wildman–Crippen MR) is 56.4 cm³/mol. The van der Waals surface area contributed by atoms with E-state index in [0.717, 1.165) is 24.2 Å². The van der Waals surface area contributed by atoms with E-state index in [-0.39, 0.29) is 12.0 Å². The molecule has 4 amide bonds. The van der Waals surface area contributed by atoms with Crippen molar-refractivity contribution < 1.29 is 14.4 Å². The molecule has 3 atom stereocenters. The van der Waals surface area contributed by atoms with E-state index >= 15 is 0 Å². The number of urea groups is 1. The first-order valence-electron chi connectivity index (χ1n) is 5.74. The number of carbonyl (C=O) groups excluding carboxylic acids is 3. The molecule has 0 aromatic carbocycles. The van der Waals surface area contributed by atoms with Crippen LogP contribution in [-0.4, -0.2) is 28.8 Å². The lowest BCUT2D eigenvalue weighted by Gasteiger charge is -2.25. The first-order chi connectivity index (χ1) is 7.56. The molecule has 0 spiro atoms. The summed E-state index contributed by atoms with van der Waals surface area (Å²) in [5.74, 6) is -0.664. The highest BCUT2D eigenvalue weighted by atomic mass is 16.2. The normalized spacial score (nSPS) is 34.8. The Morgan fingerprint density at radius 3 is 2.44 bits per heavy atom. The van der Waals surface area contributed by atoms with Gasteiger partial charge in [0.1, 0.15) is 0 Å². The second-order valence-electron chi connectivity index (χ2n) is 4.61. The third kappa shape index (κ3) is 1.50. The number of imide groups is 2. The Balaban J connectivity index is 2.17. The number of hydrogen-bond acceptors (Lipinski definition) is 3. The van der Waals surface area contributed by atoms with Gasteiger partial charge in [0.05, 0.1) is 0 Å². The molecule has 1 saturated heterocycles. The average molecular weight is 224 g/mol. The second kappa shape index (κ2) is 3.88. The third-order valence-electron chi connectivity index (χ3n) is 3.89. The Kier molecular flexibility index (Phi) is 2.69. The smallest absolute Gasteiger partial charge is 0.269 e. The zero-order valence-corrected chi connectivity index (χ0v) is 9.53. The van der Waals surface area contributed by atoms with Crippen molar-refractivity contribution in [2.75, 3.05) is 0 Å². The van der Waals surface area contributed by atoms with E-state index in [2.05, 4.69) is 13.8 Å². The van der Waals surface area contributed by atoms with Gasteiger partial charge in [0, 0.05) is 6.04 Å². The summed E-state index contributed by atoms with van der Waals surface area (Å²) in [5.41, 5.74) is 0. The average Bonchev–Trinajstić information content (AvgIpc) is 2.70. The summed E-state index contributed by atoms with van der Waals surface area (Å²) < 4.78 is 0. The molecule has 2 fully saturated rings. The minimum atomic E-state index is -0.794. The molecule has 1 heterocycles. The zero-order valence-electron chi connectivity index (χ0n) is 9.53. The van der Waals surface area contributed by atoms with Crippen LogP contribution in [0.1, 0.15) is 33.1 Å². The van der Waals surface area contributed by atoms with Crippen molar-refractivity contribution in [3.63, 3.8) is 0 Å². The van der Waals surface area contributed by atoms with Gasteiger partial charge in [0.15, 0.2) is 0 Å². The van der Waals surface area contributed by atoms with Crippen LogP contribution in [0, 0.1) is 11.8 Å². The molecule has 0 aromatic rings.